The molecule has 1 aromatic heterocycles. The molecule has 29 heavy (non-hydrogen) atoms. The quantitative estimate of drug-likeness (QED) is 0.681. The first-order valence-electron chi connectivity index (χ1n) is 9.23. The number of aromatic nitrogens is 2. The number of hydrazone groups is 1. The van der Waals surface area contributed by atoms with E-state index in [-0.39, 0.29) is 25.3 Å². The van der Waals surface area contributed by atoms with E-state index < -0.39 is 0 Å². The summed E-state index contributed by atoms with van der Waals surface area (Å²) in [4.78, 5) is 21.6. The zero-order valence-electron chi connectivity index (χ0n) is 15.7. The van der Waals surface area contributed by atoms with Crippen molar-refractivity contribution in [2.75, 3.05) is 20.5 Å². The second-order valence-corrected chi connectivity index (χ2v) is 6.78. The normalized spacial score (nSPS) is 17.6. The highest BCUT2D eigenvalue weighted by molar-refractivity contribution is 6.04. The molecule has 0 N–H and O–H groups in total. The molecular formula is C21H18N4O4. The topological polar surface area (TPSA) is 86.1 Å². The van der Waals surface area contributed by atoms with Crippen molar-refractivity contribution in [1.29, 1.82) is 0 Å². The zero-order chi connectivity index (χ0) is 19.8. The Morgan fingerprint density at radius 2 is 2.03 bits per heavy atom. The van der Waals surface area contributed by atoms with Crippen molar-refractivity contribution < 1.29 is 19.0 Å². The monoisotopic (exact) mass is 390 g/mol. The second-order valence-electron chi connectivity index (χ2n) is 6.78. The van der Waals surface area contributed by atoms with Crippen molar-refractivity contribution in [3.05, 3.63) is 59.9 Å². The van der Waals surface area contributed by atoms with E-state index in [1.54, 1.807) is 12.4 Å². The van der Waals surface area contributed by atoms with Gasteiger partial charge in [0, 0.05) is 37.1 Å². The molecule has 1 atom stereocenters. The Morgan fingerprint density at radius 1 is 1.17 bits per heavy atom. The molecule has 2 aliphatic rings. The van der Waals surface area contributed by atoms with Gasteiger partial charge < -0.3 is 14.2 Å². The average Bonchev–Trinajstić information content (AvgIpc) is 3.40. The van der Waals surface area contributed by atoms with Crippen LogP contribution in [0.1, 0.15) is 23.6 Å². The predicted molar refractivity (Wildman–Crippen MR) is 105 cm³/mol. The van der Waals surface area contributed by atoms with Crippen molar-refractivity contribution >= 4 is 22.7 Å². The number of carbonyl (C=O) groups is 1. The molecule has 3 aromatic rings. The number of rotatable bonds is 4. The van der Waals surface area contributed by atoms with Gasteiger partial charge in [0.25, 0.3) is 5.91 Å². The van der Waals surface area contributed by atoms with Crippen LogP contribution in [0.25, 0.3) is 11.0 Å². The van der Waals surface area contributed by atoms with E-state index in [9.17, 15) is 4.79 Å². The van der Waals surface area contributed by atoms with Gasteiger partial charge in [-0.1, -0.05) is 12.1 Å². The summed E-state index contributed by atoms with van der Waals surface area (Å²) >= 11 is 0. The lowest BCUT2D eigenvalue weighted by Crippen LogP contribution is -2.30. The van der Waals surface area contributed by atoms with E-state index in [0.29, 0.717) is 17.9 Å². The van der Waals surface area contributed by atoms with Crippen molar-refractivity contribution in [3.63, 3.8) is 0 Å². The molecule has 8 nitrogen and oxygen atoms in total. The lowest BCUT2D eigenvalue weighted by molar-refractivity contribution is -0.136. The van der Waals surface area contributed by atoms with Crippen LogP contribution in [-0.4, -0.2) is 47.1 Å². The molecular weight excluding hydrogens is 372 g/mol. The predicted octanol–water partition coefficient (Wildman–Crippen LogP) is 2.68. The van der Waals surface area contributed by atoms with Gasteiger partial charge in [-0.25, -0.2) is 5.01 Å². The smallest absolute Gasteiger partial charge is 0.269 e. The van der Waals surface area contributed by atoms with Crippen LogP contribution in [0.2, 0.25) is 0 Å². The SMILES string of the molecule is COCC(=O)N1N=C(c2ccc3c(c2)OCO3)C[C@@H]1c1cccc2nccnc12. The van der Waals surface area contributed by atoms with Gasteiger partial charge in [0.05, 0.1) is 22.8 Å². The summed E-state index contributed by atoms with van der Waals surface area (Å²) in [6.45, 7) is 0.159. The first-order valence-corrected chi connectivity index (χ1v) is 9.23. The second kappa shape index (κ2) is 7.14. The molecule has 0 radical (unpaired) electrons. The Morgan fingerprint density at radius 3 is 2.93 bits per heavy atom. The number of amides is 1. The maximum absolute atomic E-state index is 12.7. The number of hydrogen-bond donors (Lipinski definition) is 0. The number of para-hydroxylation sites is 1. The zero-order valence-corrected chi connectivity index (χ0v) is 15.7. The van der Waals surface area contributed by atoms with Crippen LogP contribution in [0.15, 0.2) is 53.9 Å². The summed E-state index contributed by atoms with van der Waals surface area (Å²) in [6, 6.07) is 11.2. The van der Waals surface area contributed by atoms with Crippen molar-refractivity contribution in [3.8, 4) is 11.5 Å². The fourth-order valence-corrected chi connectivity index (χ4v) is 3.71. The maximum atomic E-state index is 12.7. The number of nitrogens with zero attached hydrogens (tertiary/aromatic N) is 4. The van der Waals surface area contributed by atoms with Crippen LogP contribution in [0.4, 0.5) is 0 Å². The van der Waals surface area contributed by atoms with E-state index in [2.05, 4.69) is 15.1 Å². The Hall–Kier alpha value is -3.52. The van der Waals surface area contributed by atoms with Crippen LogP contribution in [0.3, 0.4) is 0 Å². The van der Waals surface area contributed by atoms with Gasteiger partial charge in [0.2, 0.25) is 6.79 Å². The van der Waals surface area contributed by atoms with Crippen LogP contribution >= 0.6 is 0 Å². The number of carbonyl (C=O) groups excluding carboxylic acids is 1. The molecule has 2 aromatic carbocycles. The molecule has 2 aliphatic heterocycles. The van der Waals surface area contributed by atoms with E-state index >= 15 is 0 Å². The third kappa shape index (κ3) is 3.07. The van der Waals surface area contributed by atoms with Gasteiger partial charge in [-0.05, 0) is 24.3 Å². The van der Waals surface area contributed by atoms with Gasteiger partial charge in [0.1, 0.15) is 6.61 Å². The van der Waals surface area contributed by atoms with Crippen molar-refractivity contribution in [2.45, 2.75) is 12.5 Å². The van der Waals surface area contributed by atoms with Gasteiger partial charge in [0.15, 0.2) is 11.5 Å². The minimum absolute atomic E-state index is 0.0507. The molecule has 3 heterocycles. The molecule has 146 valence electrons. The highest BCUT2D eigenvalue weighted by Gasteiger charge is 2.34. The number of methoxy groups -OCH3 is 1. The summed E-state index contributed by atoms with van der Waals surface area (Å²) in [6.07, 6.45) is 3.86. The van der Waals surface area contributed by atoms with E-state index in [4.69, 9.17) is 14.2 Å². The summed E-state index contributed by atoms with van der Waals surface area (Å²) < 4.78 is 15.9. The highest BCUT2D eigenvalue weighted by Crippen LogP contribution is 2.38. The van der Waals surface area contributed by atoms with Gasteiger partial charge in [-0.15, -0.1) is 0 Å². The standard InChI is InChI=1S/C21H18N4O4/c1-27-11-20(26)25-17(14-3-2-4-15-21(14)23-8-7-22-15)10-16(24-25)13-5-6-18-19(9-13)29-12-28-18/h2-9,17H,10-12H2,1H3/t17-/m1/s1. The van der Waals surface area contributed by atoms with Crippen LogP contribution in [-0.2, 0) is 9.53 Å². The first-order chi connectivity index (χ1) is 14.2. The minimum Gasteiger partial charge on any atom is -0.454 e. The summed E-state index contributed by atoms with van der Waals surface area (Å²) in [5, 5.41) is 6.14. The lowest BCUT2D eigenvalue weighted by atomic mass is 9.97. The molecule has 0 unspecified atom stereocenters. The lowest BCUT2D eigenvalue weighted by Gasteiger charge is -2.22. The van der Waals surface area contributed by atoms with E-state index in [1.807, 2.05) is 36.4 Å². The van der Waals surface area contributed by atoms with Crippen molar-refractivity contribution in [1.82, 2.24) is 15.0 Å². The Kier molecular flexibility index (Phi) is 4.33. The molecule has 1 amide bonds. The first kappa shape index (κ1) is 17.6. The fourth-order valence-electron chi connectivity index (χ4n) is 3.71. The molecule has 8 heteroatoms. The number of hydrogen-bond acceptors (Lipinski definition) is 7. The average molecular weight is 390 g/mol. The minimum atomic E-state index is -0.293. The maximum Gasteiger partial charge on any atom is 0.269 e. The van der Waals surface area contributed by atoms with Crippen LogP contribution in [0, 0.1) is 0 Å². The molecule has 0 bridgehead atoms. The van der Waals surface area contributed by atoms with E-state index in [0.717, 1.165) is 27.9 Å². The van der Waals surface area contributed by atoms with Crippen LogP contribution < -0.4 is 9.47 Å². The Labute approximate surface area is 166 Å². The van der Waals surface area contributed by atoms with Gasteiger partial charge in [-0.3, -0.25) is 14.8 Å². The molecule has 0 aliphatic carbocycles. The third-order valence-electron chi connectivity index (χ3n) is 5.03. The number of benzene rings is 2. The fraction of sp³-hybridized carbons (Fsp3) is 0.238. The van der Waals surface area contributed by atoms with Gasteiger partial charge >= 0.3 is 0 Å². The molecule has 0 saturated carbocycles. The van der Waals surface area contributed by atoms with Crippen molar-refractivity contribution in [2.24, 2.45) is 5.10 Å². The molecule has 0 fully saturated rings. The summed E-state index contributed by atoms with van der Waals surface area (Å²) in [5.74, 6) is 1.18. The van der Waals surface area contributed by atoms with Gasteiger partial charge in [-0.2, -0.15) is 5.10 Å². The molecule has 5 rings (SSSR count). The number of ether oxygens (including phenoxy) is 3. The summed E-state index contributed by atoms with van der Waals surface area (Å²) in [5.41, 5.74) is 4.12. The van der Waals surface area contributed by atoms with E-state index in [1.165, 1.54) is 12.1 Å². The highest BCUT2D eigenvalue weighted by atomic mass is 16.7. The largest absolute Gasteiger partial charge is 0.454 e. The third-order valence-corrected chi connectivity index (χ3v) is 5.03. The summed E-state index contributed by atoms with van der Waals surface area (Å²) in [7, 11) is 1.49. The molecule has 0 spiro atoms. The molecule has 0 saturated heterocycles. The number of fused-ring (bicyclic) bond motifs is 2. The van der Waals surface area contributed by atoms with Crippen LogP contribution in [0.5, 0.6) is 11.5 Å². The Balaban J connectivity index is 1.56. The Bertz CT molecular complexity index is 1130.